The molecule has 0 fully saturated rings. The molecule has 0 bridgehead atoms. The first-order valence-electron chi connectivity index (χ1n) is 5.13. The molecule has 18 heavy (non-hydrogen) atoms. The van der Waals surface area contributed by atoms with Crippen molar-refractivity contribution in [2.45, 2.75) is 6.54 Å². The Labute approximate surface area is 123 Å². The van der Waals surface area contributed by atoms with E-state index in [9.17, 15) is 0 Å². The second-order valence-electron chi connectivity index (χ2n) is 3.68. The van der Waals surface area contributed by atoms with Gasteiger partial charge in [-0.1, -0.05) is 12.2 Å². The molecule has 0 unspecified atom stereocenters. The van der Waals surface area contributed by atoms with Crippen molar-refractivity contribution in [3.8, 4) is 0 Å². The quantitative estimate of drug-likeness (QED) is 0.865. The molecular formula is C11H11BrN4S2. The Bertz CT molecular complexity index is 570. The number of hydrogen-bond acceptors (Lipinski definition) is 5. The molecule has 4 nitrogen and oxygen atoms in total. The van der Waals surface area contributed by atoms with E-state index >= 15 is 0 Å². The second-order valence-corrected chi connectivity index (χ2v) is 6.03. The van der Waals surface area contributed by atoms with Gasteiger partial charge in [0.15, 0.2) is 5.82 Å². The van der Waals surface area contributed by atoms with Gasteiger partial charge in [-0.15, -0.1) is 11.3 Å². The summed E-state index contributed by atoms with van der Waals surface area (Å²) in [7, 11) is 1.94. The topological polar surface area (TPSA) is 55.0 Å². The molecule has 0 aromatic carbocycles. The van der Waals surface area contributed by atoms with Gasteiger partial charge in [-0.2, -0.15) is 0 Å². The van der Waals surface area contributed by atoms with Crippen LogP contribution in [0.1, 0.15) is 10.6 Å². The van der Waals surface area contributed by atoms with Crippen molar-refractivity contribution >= 4 is 50.3 Å². The summed E-state index contributed by atoms with van der Waals surface area (Å²) in [5.41, 5.74) is 6.21. The molecule has 0 spiro atoms. The number of thiocarbonyl (C=S) groups is 1. The van der Waals surface area contributed by atoms with Gasteiger partial charge in [0.05, 0.1) is 6.54 Å². The standard InChI is InChI=1S/C11H11BrN4S2/c1-16(5-8-4-7(12)6-18-8)11-9(10(13)17)14-2-3-15-11/h2-4,6H,5H2,1H3,(H2,13,17). The van der Waals surface area contributed by atoms with Gasteiger partial charge in [0.1, 0.15) is 10.7 Å². The molecule has 0 atom stereocenters. The summed E-state index contributed by atoms with van der Waals surface area (Å²) in [5.74, 6) is 0.703. The number of anilines is 1. The van der Waals surface area contributed by atoms with E-state index in [0.29, 0.717) is 11.5 Å². The Balaban J connectivity index is 2.23. The van der Waals surface area contributed by atoms with E-state index in [1.54, 1.807) is 23.7 Å². The molecule has 2 heterocycles. The van der Waals surface area contributed by atoms with Crippen LogP contribution < -0.4 is 10.6 Å². The Morgan fingerprint density at radius 1 is 1.50 bits per heavy atom. The van der Waals surface area contributed by atoms with Crippen molar-refractivity contribution in [3.05, 3.63) is 38.9 Å². The Kier molecular flexibility index (Phi) is 4.26. The third kappa shape index (κ3) is 3.04. The van der Waals surface area contributed by atoms with Gasteiger partial charge in [0.2, 0.25) is 0 Å². The van der Waals surface area contributed by atoms with Crippen molar-refractivity contribution < 1.29 is 0 Å². The predicted octanol–water partition coefficient (Wildman–Crippen LogP) is 2.57. The maximum atomic E-state index is 5.65. The maximum absolute atomic E-state index is 5.65. The summed E-state index contributed by atoms with van der Waals surface area (Å²) in [6, 6.07) is 2.08. The number of thiophene rings is 1. The van der Waals surface area contributed by atoms with Crippen molar-refractivity contribution in [1.82, 2.24) is 9.97 Å². The highest BCUT2D eigenvalue weighted by Gasteiger charge is 2.13. The van der Waals surface area contributed by atoms with E-state index in [-0.39, 0.29) is 4.99 Å². The molecule has 2 N–H and O–H groups in total. The van der Waals surface area contributed by atoms with Crippen LogP contribution >= 0.6 is 39.5 Å². The maximum Gasteiger partial charge on any atom is 0.157 e. The number of hydrogen-bond donors (Lipinski definition) is 1. The lowest BCUT2D eigenvalue weighted by atomic mass is 10.3. The fraction of sp³-hybridized carbons (Fsp3) is 0.182. The van der Waals surface area contributed by atoms with E-state index in [2.05, 4.69) is 32.0 Å². The van der Waals surface area contributed by atoms with E-state index in [0.717, 1.165) is 11.0 Å². The highest BCUT2D eigenvalue weighted by atomic mass is 79.9. The zero-order valence-electron chi connectivity index (χ0n) is 9.63. The first kappa shape index (κ1) is 13.4. The SMILES string of the molecule is CN(Cc1cc(Br)cs1)c1nccnc1C(N)=S. The van der Waals surface area contributed by atoms with Crippen LogP contribution in [0.15, 0.2) is 28.3 Å². The first-order valence-corrected chi connectivity index (χ1v) is 7.21. The van der Waals surface area contributed by atoms with Crippen LogP contribution in [0.4, 0.5) is 5.82 Å². The van der Waals surface area contributed by atoms with Crippen LogP contribution in [-0.2, 0) is 6.54 Å². The Morgan fingerprint density at radius 3 is 2.83 bits per heavy atom. The van der Waals surface area contributed by atoms with Crippen LogP contribution in [0.2, 0.25) is 0 Å². The van der Waals surface area contributed by atoms with Crippen molar-refractivity contribution in [2.24, 2.45) is 5.73 Å². The summed E-state index contributed by atoms with van der Waals surface area (Å²) < 4.78 is 1.09. The van der Waals surface area contributed by atoms with E-state index in [4.69, 9.17) is 18.0 Å². The van der Waals surface area contributed by atoms with Gasteiger partial charge in [-0.05, 0) is 22.0 Å². The summed E-state index contributed by atoms with van der Waals surface area (Å²) >= 11 is 10.1. The van der Waals surface area contributed by atoms with Crippen LogP contribution in [0.3, 0.4) is 0 Å². The summed E-state index contributed by atoms with van der Waals surface area (Å²) in [6.07, 6.45) is 3.23. The molecular weight excluding hydrogens is 332 g/mol. The van der Waals surface area contributed by atoms with Gasteiger partial charge in [0, 0.05) is 34.2 Å². The molecule has 0 amide bonds. The normalized spacial score (nSPS) is 10.3. The lowest BCUT2D eigenvalue weighted by Crippen LogP contribution is -2.23. The van der Waals surface area contributed by atoms with Crippen LogP contribution in [0, 0.1) is 0 Å². The summed E-state index contributed by atoms with van der Waals surface area (Å²) in [5, 5.41) is 2.05. The van der Waals surface area contributed by atoms with Gasteiger partial charge in [0.25, 0.3) is 0 Å². The van der Waals surface area contributed by atoms with Crippen LogP contribution in [0.5, 0.6) is 0 Å². The van der Waals surface area contributed by atoms with E-state index in [1.165, 1.54) is 4.88 Å². The highest BCUT2D eigenvalue weighted by Crippen LogP contribution is 2.23. The number of halogens is 1. The minimum Gasteiger partial charge on any atom is -0.388 e. The minimum absolute atomic E-state index is 0.261. The lowest BCUT2D eigenvalue weighted by molar-refractivity contribution is 0.900. The Morgan fingerprint density at radius 2 is 2.22 bits per heavy atom. The van der Waals surface area contributed by atoms with E-state index < -0.39 is 0 Å². The monoisotopic (exact) mass is 342 g/mol. The molecule has 94 valence electrons. The molecule has 0 aliphatic rings. The zero-order chi connectivity index (χ0) is 13.1. The molecule has 0 saturated carbocycles. The van der Waals surface area contributed by atoms with Gasteiger partial charge >= 0.3 is 0 Å². The Hall–Kier alpha value is -1.05. The first-order chi connectivity index (χ1) is 8.58. The molecule has 0 radical (unpaired) electrons. The summed E-state index contributed by atoms with van der Waals surface area (Å²) in [6.45, 7) is 0.741. The van der Waals surface area contributed by atoms with E-state index in [1.807, 2.05) is 17.3 Å². The highest BCUT2D eigenvalue weighted by molar-refractivity contribution is 9.10. The predicted molar refractivity (Wildman–Crippen MR) is 82.0 cm³/mol. The third-order valence-corrected chi connectivity index (χ3v) is 4.16. The molecule has 0 aliphatic heterocycles. The van der Waals surface area contributed by atoms with Gasteiger partial charge in [-0.25, -0.2) is 9.97 Å². The third-order valence-electron chi connectivity index (χ3n) is 2.29. The fourth-order valence-corrected chi connectivity index (χ4v) is 3.18. The van der Waals surface area contributed by atoms with Crippen LogP contribution in [-0.4, -0.2) is 22.0 Å². The zero-order valence-corrected chi connectivity index (χ0v) is 12.8. The molecule has 7 heteroatoms. The van der Waals surface area contributed by atoms with Gasteiger partial charge in [-0.3, -0.25) is 0 Å². The fourth-order valence-electron chi connectivity index (χ4n) is 1.53. The van der Waals surface area contributed by atoms with Crippen molar-refractivity contribution in [2.75, 3.05) is 11.9 Å². The number of rotatable bonds is 4. The number of nitrogens with two attached hydrogens (primary N) is 1. The average Bonchev–Trinajstić information content (AvgIpc) is 2.74. The lowest BCUT2D eigenvalue weighted by Gasteiger charge is -2.19. The number of nitrogens with zero attached hydrogens (tertiary/aromatic N) is 3. The molecule has 0 saturated heterocycles. The van der Waals surface area contributed by atoms with Gasteiger partial charge < -0.3 is 10.6 Å². The largest absolute Gasteiger partial charge is 0.388 e. The summed E-state index contributed by atoms with van der Waals surface area (Å²) in [4.78, 5) is 11.9. The smallest absolute Gasteiger partial charge is 0.157 e. The molecule has 2 aromatic rings. The van der Waals surface area contributed by atoms with Crippen molar-refractivity contribution in [3.63, 3.8) is 0 Å². The molecule has 0 aliphatic carbocycles. The molecule has 2 rings (SSSR count). The minimum atomic E-state index is 0.261. The van der Waals surface area contributed by atoms with Crippen LogP contribution in [0.25, 0.3) is 0 Å². The van der Waals surface area contributed by atoms with Crippen molar-refractivity contribution in [1.29, 1.82) is 0 Å². The second kappa shape index (κ2) is 5.73. The average molecular weight is 343 g/mol. The number of aromatic nitrogens is 2. The molecule has 2 aromatic heterocycles.